The maximum Gasteiger partial charge on any atom is 0.313 e. The lowest BCUT2D eigenvalue weighted by molar-refractivity contribution is -0.133. The van der Waals surface area contributed by atoms with Gasteiger partial charge < -0.3 is 19.4 Å². The molecule has 0 saturated carbocycles. The van der Waals surface area contributed by atoms with Gasteiger partial charge in [0.05, 0.1) is 12.0 Å². The summed E-state index contributed by atoms with van der Waals surface area (Å²) in [5.41, 5.74) is 0. The molecule has 2 aromatic rings. The maximum absolute atomic E-state index is 11.6. The van der Waals surface area contributed by atoms with Gasteiger partial charge in [0, 0.05) is 25.1 Å². The van der Waals surface area contributed by atoms with Crippen LogP contribution in [0.5, 0.6) is 0 Å². The number of furan rings is 1. The molecule has 22 heavy (non-hydrogen) atoms. The monoisotopic (exact) mass is 325 g/mol. The number of hydrogen-bond acceptors (Lipinski definition) is 7. The Hall–Kier alpha value is -2.29. The van der Waals surface area contributed by atoms with E-state index in [4.69, 9.17) is 14.0 Å². The summed E-state index contributed by atoms with van der Waals surface area (Å²) in [7, 11) is 0. The molecule has 2 aromatic heterocycles. The molecule has 0 aliphatic carbocycles. The number of carboxylic acid groups (broad SMARTS) is 1. The Morgan fingerprint density at radius 2 is 2.27 bits per heavy atom. The van der Waals surface area contributed by atoms with Crippen molar-refractivity contribution in [2.75, 3.05) is 18.1 Å². The van der Waals surface area contributed by atoms with Crippen molar-refractivity contribution in [2.24, 2.45) is 0 Å². The van der Waals surface area contributed by atoms with Crippen LogP contribution in [0.4, 0.5) is 0 Å². The van der Waals surface area contributed by atoms with Crippen molar-refractivity contribution in [3.05, 3.63) is 24.3 Å². The van der Waals surface area contributed by atoms with Gasteiger partial charge in [0.25, 0.3) is 0 Å². The van der Waals surface area contributed by atoms with Gasteiger partial charge in [0.1, 0.15) is 0 Å². The molecule has 2 rings (SSSR count). The van der Waals surface area contributed by atoms with Crippen molar-refractivity contribution in [1.82, 2.24) is 15.5 Å². The number of nitrogens with zero attached hydrogens (tertiary/aromatic N) is 2. The van der Waals surface area contributed by atoms with E-state index in [0.717, 1.165) is 0 Å². The lowest BCUT2D eigenvalue weighted by Crippen LogP contribution is -2.26. The summed E-state index contributed by atoms with van der Waals surface area (Å²) < 4.78 is 10.2. The predicted molar refractivity (Wildman–Crippen MR) is 78.3 cm³/mol. The number of carboxylic acids is 1. The maximum atomic E-state index is 11.6. The highest BCUT2D eigenvalue weighted by atomic mass is 32.2. The Bertz CT molecular complexity index is 611. The van der Waals surface area contributed by atoms with E-state index in [1.54, 1.807) is 12.1 Å². The number of aryl methyl sites for hydroxylation is 1. The fourth-order valence-corrected chi connectivity index (χ4v) is 2.16. The minimum Gasteiger partial charge on any atom is -0.481 e. The van der Waals surface area contributed by atoms with Gasteiger partial charge in [-0.2, -0.15) is 4.98 Å². The molecule has 0 aliphatic rings. The second-order valence-corrected chi connectivity index (χ2v) is 5.39. The van der Waals surface area contributed by atoms with E-state index < -0.39 is 5.97 Å². The molecule has 0 bridgehead atoms. The van der Waals surface area contributed by atoms with Gasteiger partial charge in [-0.25, -0.2) is 0 Å². The van der Waals surface area contributed by atoms with E-state index in [2.05, 4.69) is 15.5 Å². The molecular weight excluding hydrogens is 310 g/mol. The Balaban J connectivity index is 1.65. The van der Waals surface area contributed by atoms with Crippen LogP contribution in [-0.2, 0) is 16.0 Å². The number of aromatic nitrogens is 2. The van der Waals surface area contributed by atoms with Crippen molar-refractivity contribution >= 4 is 23.6 Å². The zero-order chi connectivity index (χ0) is 15.8. The molecule has 0 unspecified atom stereocenters. The van der Waals surface area contributed by atoms with E-state index in [1.165, 1.54) is 18.0 Å². The molecule has 2 heterocycles. The van der Waals surface area contributed by atoms with E-state index in [9.17, 15) is 9.59 Å². The lowest BCUT2D eigenvalue weighted by atomic mass is 10.3. The molecule has 0 aliphatic heterocycles. The van der Waals surface area contributed by atoms with Crippen LogP contribution in [0.3, 0.4) is 0 Å². The first-order valence-corrected chi connectivity index (χ1v) is 7.73. The topological polar surface area (TPSA) is 118 Å². The first-order chi connectivity index (χ1) is 10.6. The van der Waals surface area contributed by atoms with Gasteiger partial charge in [-0.15, -0.1) is 11.8 Å². The second kappa shape index (κ2) is 8.23. The molecule has 0 atom stereocenters. The number of amides is 1. The van der Waals surface area contributed by atoms with E-state index >= 15 is 0 Å². The average Bonchev–Trinajstić information content (AvgIpc) is 3.15. The number of rotatable bonds is 9. The Labute approximate surface area is 130 Å². The fourth-order valence-electron chi connectivity index (χ4n) is 1.59. The van der Waals surface area contributed by atoms with Crippen molar-refractivity contribution < 1.29 is 23.6 Å². The first-order valence-electron chi connectivity index (χ1n) is 6.58. The van der Waals surface area contributed by atoms with Crippen molar-refractivity contribution in [3.63, 3.8) is 0 Å². The predicted octanol–water partition coefficient (Wildman–Crippen LogP) is 1.20. The van der Waals surface area contributed by atoms with Gasteiger partial charge in [-0.3, -0.25) is 9.59 Å². The molecule has 0 aromatic carbocycles. The van der Waals surface area contributed by atoms with E-state index in [-0.39, 0.29) is 18.1 Å². The molecule has 8 nitrogen and oxygen atoms in total. The third kappa shape index (κ3) is 5.24. The molecule has 118 valence electrons. The van der Waals surface area contributed by atoms with Crippen LogP contribution in [0, 0.1) is 0 Å². The van der Waals surface area contributed by atoms with Crippen LogP contribution in [0.15, 0.2) is 27.3 Å². The summed E-state index contributed by atoms with van der Waals surface area (Å²) in [4.78, 5) is 26.0. The van der Waals surface area contributed by atoms with Gasteiger partial charge >= 0.3 is 5.97 Å². The van der Waals surface area contributed by atoms with Crippen LogP contribution < -0.4 is 5.32 Å². The fraction of sp³-hybridized carbons (Fsp3) is 0.385. The molecule has 0 fully saturated rings. The summed E-state index contributed by atoms with van der Waals surface area (Å²) >= 11 is 1.25. The van der Waals surface area contributed by atoms with Gasteiger partial charge in [0.2, 0.25) is 17.6 Å². The number of hydrogen-bond donors (Lipinski definition) is 2. The highest BCUT2D eigenvalue weighted by Crippen LogP contribution is 2.16. The van der Waals surface area contributed by atoms with E-state index in [1.807, 2.05) is 0 Å². The van der Waals surface area contributed by atoms with Crippen LogP contribution in [0.2, 0.25) is 0 Å². The van der Waals surface area contributed by atoms with Crippen molar-refractivity contribution in [3.8, 4) is 11.6 Å². The number of nitrogens with one attached hydrogen (secondary N) is 1. The molecule has 1 amide bonds. The molecule has 0 radical (unpaired) electrons. The standard InChI is InChI=1S/C13H15N3O5S/c17-10(14-5-7-22-8-12(18)19)3-4-11-15-13(16-21-11)9-2-1-6-20-9/h1-2,6H,3-5,7-8H2,(H,14,17)(H,18,19). The number of carbonyl (C=O) groups excluding carboxylic acids is 1. The highest BCUT2D eigenvalue weighted by Gasteiger charge is 2.12. The van der Waals surface area contributed by atoms with Gasteiger partial charge in [-0.1, -0.05) is 5.16 Å². The normalized spacial score (nSPS) is 10.5. The molecule has 9 heteroatoms. The Morgan fingerprint density at radius 1 is 1.41 bits per heavy atom. The van der Waals surface area contributed by atoms with Gasteiger partial charge in [-0.05, 0) is 12.1 Å². The SMILES string of the molecule is O=C(O)CSCCNC(=O)CCc1nc(-c2ccco2)no1. The minimum atomic E-state index is -0.861. The van der Waals surface area contributed by atoms with Crippen LogP contribution in [0.1, 0.15) is 12.3 Å². The highest BCUT2D eigenvalue weighted by molar-refractivity contribution is 7.99. The lowest BCUT2D eigenvalue weighted by Gasteiger charge is -2.02. The first kappa shape index (κ1) is 16.1. The number of aliphatic carboxylic acids is 1. The molecule has 2 N–H and O–H groups in total. The largest absolute Gasteiger partial charge is 0.481 e. The summed E-state index contributed by atoms with van der Waals surface area (Å²) in [5.74, 6) is 0.810. The summed E-state index contributed by atoms with van der Waals surface area (Å²) in [5, 5.41) is 14.9. The third-order valence-electron chi connectivity index (χ3n) is 2.57. The zero-order valence-corrected chi connectivity index (χ0v) is 12.5. The van der Waals surface area contributed by atoms with Crippen molar-refractivity contribution in [2.45, 2.75) is 12.8 Å². The summed E-state index contributed by atoms with van der Waals surface area (Å²) in [6.07, 6.45) is 2.08. The average molecular weight is 325 g/mol. The quantitative estimate of drug-likeness (QED) is 0.660. The summed E-state index contributed by atoms with van der Waals surface area (Å²) in [6.45, 7) is 0.429. The molecular formula is C13H15N3O5S. The van der Waals surface area contributed by atoms with Crippen LogP contribution >= 0.6 is 11.8 Å². The van der Waals surface area contributed by atoms with Crippen molar-refractivity contribution in [1.29, 1.82) is 0 Å². The molecule has 0 spiro atoms. The smallest absolute Gasteiger partial charge is 0.313 e. The second-order valence-electron chi connectivity index (χ2n) is 4.29. The Morgan fingerprint density at radius 3 is 3.00 bits per heavy atom. The third-order valence-corrected chi connectivity index (χ3v) is 3.51. The van der Waals surface area contributed by atoms with Gasteiger partial charge in [0.15, 0.2) is 5.76 Å². The summed E-state index contributed by atoms with van der Waals surface area (Å²) in [6, 6.07) is 3.44. The van der Waals surface area contributed by atoms with Crippen LogP contribution in [0.25, 0.3) is 11.6 Å². The Kier molecular flexibility index (Phi) is 6.01. The number of carbonyl (C=O) groups is 2. The van der Waals surface area contributed by atoms with Crippen LogP contribution in [-0.4, -0.2) is 45.2 Å². The zero-order valence-electron chi connectivity index (χ0n) is 11.7. The molecule has 0 saturated heterocycles. The minimum absolute atomic E-state index is 0.0351. The number of thioether (sulfide) groups is 1. The van der Waals surface area contributed by atoms with E-state index in [0.29, 0.717) is 36.2 Å².